The second-order valence-electron chi connectivity index (χ2n) is 3.52. The number of hydrogen-bond donors (Lipinski definition) is 0. The van der Waals surface area contributed by atoms with Crippen LogP contribution in [0.2, 0.25) is 18.1 Å². The Morgan fingerprint density at radius 3 is 1.12 bits per heavy atom. The molecule has 0 aromatic rings. The highest BCUT2D eigenvalue weighted by Crippen LogP contribution is 2.25. The van der Waals surface area contributed by atoms with Crippen LogP contribution >= 0.6 is 17.0 Å². The van der Waals surface area contributed by atoms with E-state index in [4.69, 9.17) is 0 Å². The highest BCUT2D eigenvalue weighted by atomic mass is 79.9. The van der Waals surface area contributed by atoms with E-state index < -0.39 is 0 Å². The van der Waals surface area contributed by atoms with E-state index in [1.165, 1.54) is 0 Å². The molecular weight excluding hydrogens is 180 g/mol. The van der Waals surface area contributed by atoms with E-state index in [2.05, 4.69) is 33.9 Å². The third kappa shape index (κ3) is 4.85. The van der Waals surface area contributed by atoms with Gasteiger partial charge in [-0.25, -0.2) is 0 Å². The summed E-state index contributed by atoms with van der Waals surface area (Å²) in [5.74, 6) is 0. The number of rotatable bonds is 0. The van der Waals surface area contributed by atoms with Crippen LogP contribution in [0.1, 0.15) is 20.8 Å². The fourth-order valence-electron chi connectivity index (χ4n) is 0. The second kappa shape index (κ2) is 3.67. The van der Waals surface area contributed by atoms with Gasteiger partial charge in [-0.1, -0.05) is 33.9 Å². The molecule has 0 aromatic heterocycles. The lowest BCUT2D eigenvalue weighted by atomic mass is 10.2. The molecule has 0 aliphatic carbocycles. The molecular formula is C6H17BrSi. The van der Waals surface area contributed by atoms with Gasteiger partial charge in [0.2, 0.25) is 0 Å². The Morgan fingerprint density at radius 2 is 1.12 bits per heavy atom. The van der Waals surface area contributed by atoms with Crippen molar-refractivity contribution < 1.29 is 0 Å². The minimum absolute atomic E-state index is 0. The van der Waals surface area contributed by atoms with Crippen molar-refractivity contribution in [3.8, 4) is 0 Å². The van der Waals surface area contributed by atoms with Crippen molar-refractivity contribution in [1.29, 1.82) is 0 Å². The van der Waals surface area contributed by atoms with Crippen molar-refractivity contribution in [3.63, 3.8) is 0 Å². The van der Waals surface area contributed by atoms with E-state index in [0.717, 1.165) is 0 Å². The van der Waals surface area contributed by atoms with Gasteiger partial charge in [-0.05, 0) is 5.04 Å². The Bertz CT molecular complexity index is 54.0. The van der Waals surface area contributed by atoms with Crippen molar-refractivity contribution in [2.45, 2.75) is 38.9 Å². The molecule has 0 atom stereocenters. The molecule has 2 heteroatoms. The summed E-state index contributed by atoms with van der Waals surface area (Å²) in [5, 5.41) is 0.639. The lowest BCUT2D eigenvalue weighted by molar-refractivity contribution is 0.742. The Kier molecular flexibility index (Phi) is 5.27. The van der Waals surface area contributed by atoms with Gasteiger partial charge < -0.3 is 0 Å². The largest absolute Gasteiger partial charge is 0.114 e. The molecule has 52 valence electrons. The first kappa shape index (κ1) is 11.5. The summed E-state index contributed by atoms with van der Waals surface area (Å²) in [4.78, 5) is 0. The van der Waals surface area contributed by atoms with Crippen LogP contribution in [-0.2, 0) is 0 Å². The molecule has 0 fully saturated rings. The molecule has 0 unspecified atom stereocenters. The van der Waals surface area contributed by atoms with Gasteiger partial charge in [0.1, 0.15) is 0 Å². The van der Waals surface area contributed by atoms with Crippen LogP contribution in [0.15, 0.2) is 0 Å². The maximum atomic E-state index is 2.39. The van der Waals surface area contributed by atoms with Crippen LogP contribution in [0.3, 0.4) is 0 Å². The zero-order chi connectivity index (χ0) is 6.08. The monoisotopic (exact) mass is 196 g/mol. The summed E-state index contributed by atoms with van der Waals surface area (Å²) in [6.45, 7) is 11.7. The molecule has 8 heavy (non-hydrogen) atoms. The average Bonchev–Trinajstić information content (AvgIpc) is 1.31. The predicted molar refractivity (Wildman–Crippen MR) is 48.9 cm³/mol. The van der Waals surface area contributed by atoms with Gasteiger partial charge in [-0.15, -0.1) is 17.0 Å². The van der Waals surface area contributed by atoms with Gasteiger partial charge in [-0.2, -0.15) is 0 Å². The third-order valence-electron chi connectivity index (χ3n) is 1.73. The van der Waals surface area contributed by atoms with Gasteiger partial charge in [0.15, 0.2) is 0 Å². The van der Waals surface area contributed by atoms with Crippen molar-refractivity contribution >= 4 is 25.8 Å². The lowest BCUT2D eigenvalue weighted by Gasteiger charge is -2.21. The molecule has 0 nitrogen and oxygen atoms in total. The van der Waals surface area contributed by atoms with Crippen LogP contribution < -0.4 is 0 Å². The van der Waals surface area contributed by atoms with E-state index in [1.807, 2.05) is 0 Å². The minimum Gasteiger partial charge on any atom is -0.114 e. The third-order valence-corrected chi connectivity index (χ3v) is 5.20. The van der Waals surface area contributed by atoms with Crippen LogP contribution in [-0.4, -0.2) is 8.80 Å². The molecule has 0 aliphatic heterocycles. The van der Waals surface area contributed by atoms with Crippen molar-refractivity contribution in [3.05, 3.63) is 0 Å². The van der Waals surface area contributed by atoms with Crippen LogP contribution in [0, 0.1) is 0 Å². The molecule has 0 aromatic carbocycles. The van der Waals surface area contributed by atoms with E-state index in [-0.39, 0.29) is 25.8 Å². The molecule has 0 radical (unpaired) electrons. The zero-order valence-corrected chi connectivity index (χ0v) is 9.35. The summed E-state index contributed by atoms with van der Waals surface area (Å²) >= 11 is 0. The standard InChI is InChI=1S/C6H16Si.BrH/c1-6(2,3)7(4)5;/h7H,1-5H3;1H. The Labute approximate surface area is 65.1 Å². The highest BCUT2D eigenvalue weighted by Gasteiger charge is 2.15. The van der Waals surface area contributed by atoms with Crippen LogP contribution in [0.5, 0.6) is 0 Å². The maximum absolute atomic E-state index is 2.39. The second-order valence-corrected chi connectivity index (χ2v) is 7.56. The summed E-state index contributed by atoms with van der Waals surface area (Å²) < 4.78 is 0. The SMILES string of the molecule is Br.C[SiH](C)C(C)(C)C. The smallest absolute Gasteiger partial charge is 0.0361 e. The fourth-order valence-corrected chi connectivity index (χ4v) is 0. The van der Waals surface area contributed by atoms with Gasteiger partial charge in [0, 0.05) is 8.80 Å². The Hall–Kier alpha value is 0.697. The van der Waals surface area contributed by atoms with E-state index in [9.17, 15) is 0 Å². The first-order chi connectivity index (χ1) is 2.94. The van der Waals surface area contributed by atoms with Gasteiger partial charge >= 0.3 is 0 Å². The van der Waals surface area contributed by atoms with Crippen LogP contribution in [0.4, 0.5) is 0 Å². The summed E-state index contributed by atoms with van der Waals surface area (Å²) in [5.41, 5.74) is 0. The fraction of sp³-hybridized carbons (Fsp3) is 1.00. The molecule has 0 bridgehead atoms. The van der Waals surface area contributed by atoms with Crippen LogP contribution in [0.25, 0.3) is 0 Å². The van der Waals surface area contributed by atoms with E-state index in [1.54, 1.807) is 0 Å². The molecule has 0 heterocycles. The molecule has 0 N–H and O–H groups in total. The van der Waals surface area contributed by atoms with E-state index in [0.29, 0.717) is 5.04 Å². The number of halogens is 1. The summed E-state index contributed by atoms with van der Waals surface area (Å²) in [6, 6.07) is 0. The zero-order valence-electron chi connectivity index (χ0n) is 6.49. The molecule has 0 aliphatic rings. The predicted octanol–water partition coefficient (Wildman–Crippen LogP) is 2.85. The maximum Gasteiger partial charge on any atom is 0.0361 e. The molecule has 0 spiro atoms. The highest BCUT2D eigenvalue weighted by molar-refractivity contribution is 8.93. The minimum atomic E-state index is -0.359. The van der Waals surface area contributed by atoms with Gasteiger partial charge in [-0.3, -0.25) is 0 Å². The first-order valence-corrected chi connectivity index (χ1v) is 5.83. The normalized spacial score (nSPS) is 11.2. The summed E-state index contributed by atoms with van der Waals surface area (Å²) in [7, 11) is -0.359. The first-order valence-electron chi connectivity index (χ1n) is 2.94. The van der Waals surface area contributed by atoms with Gasteiger partial charge in [0.25, 0.3) is 0 Å². The molecule has 0 rings (SSSR count). The van der Waals surface area contributed by atoms with Crippen molar-refractivity contribution in [2.24, 2.45) is 0 Å². The van der Waals surface area contributed by atoms with Crippen molar-refractivity contribution in [2.75, 3.05) is 0 Å². The molecule has 0 saturated carbocycles. The topological polar surface area (TPSA) is 0 Å². The Balaban J connectivity index is 0. The quantitative estimate of drug-likeness (QED) is 0.524. The van der Waals surface area contributed by atoms with Crippen molar-refractivity contribution in [1.82, 2.24) is 0 Å². The van der Waals surface area contributed by atoms with Gasteiger partial charge in [0.05, 0.1) is 0 Å². The average molecular weight is 197 g/mol. The molecule has 0 amide bonds. The Morgan fingerprint density at radius 1 is 1.00 bits per heavy atom. The lowest BCUT2D eigenvalue weighted by Crippen LogP contribution is -2.16. The molecule has 0 saturated heterocycles. The summed E-state index contributed by atoms with van der Waals surface area (Å²) in [6.07, 6.45) is 0. The van der Waals surface area contributed by atoms with E-state index >= 15 is 0 Å². The number of hydrogen-bond acceptors (Lipinski definition) is 0.